The number of carbonyl (C=O) groups excluding carboxylic acids is 1. The van der Waals surface area contributed by atoms with E-state index in [4.69, 9.17) is 27.2 Å². The van der Waals surface area contributed by atoms with Crippen molar-refractivity contribution in [3.05, 3.63) is 125 Å². The number of thioether (sulfide) groups is 1. The molecule has 1 fully saturated rings. The number of carbonyl (C=O) groups is 2. The Labute approximate surface area is 273 Å². The summed E-state index contributed by atoms with van der Waals surface area (Å²) in [5.41, 5.74) is 9.44. The SMILES string of the molecule is CO/N=C(\c1nsc(NC(c2ccccc2)(c2ccccc2)c2ccccc2)n1)C(N)C1C(=O)N2C(C(=O)O)=C(CCl)CSC12. The number of amides is 1. The molecular formula is C32H29ClN6O4S2. The fourth-order valence-electron chi connectivity index (χ4n) is 5.85. The van der Waals surface area contributed by atoms with Gasteiger partial charge in [-0.05, 0) is 22.3 Å². The number of benzene rings is 3. The number of alkyl halides is 1. The predicted octanol–water partition coefficient (Wildman–Crippen LogP) is 4.73. The predicted molar refractivity (Wildman–Crippen MR) is 176 cm³/mol. The molecule has 0 spiro atoms. The third-order valence-electron chi connectivity index (χ3n) is 7.91. The lowest BCUT2D eigenvalue weighted by Crippen LogP contribution is -2.67. The molecule has 1 aromatic heterocycles. The first-order chi connectivity index (χ1) is 21.9. The molecule has 0 bridgehead atoms. The quantitative estimate of drug-likeness (QED) is 0.0684. The maximum atomic E-state index is 13.4. The van der Waals surface area contributed by atoms with Crippen LogP contribution in [-0.4, -0.2) is 67.1 Å². The van der Waals surface area contributed by atoms with E-state index < -0.39 is 34.7 Å². The van der Waals surface area contributed by atoms with Crippen LogP contribution < -0.4 is 11.1 Å². The maximum absolute atomic E-state index is 13.4. The number of fused-ring (bicyclic) bond motifs is 1. The molecule has 4 N–H and O–H groups in total. The Balaban J connectivity index is 1.36. The van der Waals surface area contributed by atoms with Crippen LogP contribution in [-0.2, 0) is 20.0 Å². The lowest BCUT2D eigenvalue weighted by atomic mass is 9.77. The highest BCUT2D eigenvalue weighted by Crippen LogP contribution is 2.46. The molecule has 3 atom stereocenters. The minimum Gasteiger partial charge on any atom is -0.477 e. The number of nitrogens with one attached hydrogen (secondary N) is 1. The first-order valence-electron chi connectivity index (χ1n) is 14.0. The Morgan fingerprint density at radius 3 is 2.13 bits per heavy atom. The van der Waals surface area contributed by atoms with Crippen LogP contribution in [0.1, 0.15) is 22.5 Å². The van der Waals surface area contributed by atoms with Crippen LogP contribution in [0.3, 0.4) is 0 Å². The molecule has 4 aromatic rings. The number of nitrogens with zero attached hydrogens (tertiary/aromatic N) is 4. The maximum Gasteiger partial charge on any atom is 0.352 e. The van der Waals surface area contributed by atoms with Crippen molar-refractivity contribution < 1.29 is 19.5 Å². The Kier molecular flexibility index (Phi) is 8.90. The number of anilines is 1. The van der Waals surface area contributed by atoms with Gasteiger partial charge in [-0.3, -0.25) is 9.69 Å². The largest absolute Gasteiger partial charge is 0.477 e. The van der Waals surface area contributed by atoms with Gasteiger partial charge in [0.2, 0.25) is 11.0 Å². The van der Waals surface area contributed by atoms with Crippen molar-refractivity contribution in [2.24, 2.45) is 16.8 Å². The molecule has 1 amide bonds. The Morgan fingerprint density at radius 1 is 1.09 bits per heavy atom. The number of carboxylic acid groups (broad SMARTS) is 1. The van der Waals surface area contributed by atoms with Crippen LogP contribution in [0.25, 0.3) is 0 Å². The van der Waals surface area contributed by atoms with Gasteiger partial charge in [-0.1, -0.05) is 96.2 Å². The topological polar surface area (TPSA) is 143 Å². The van der Waals surface area contributed by atoms with E-state index in [1.165, 1.54) is 23.8 Å². The molecule has 6 rings (SSSR count). The Morgan fingerprint density at radius 2 is 1.64 bits per heavy atom. The number of halogens is 1. The van der Waals surface area contributed by atoms with Gasteiger partial charge in [-0.25, -0.2) is 4.79 Å². The summed E-state index contributed by atoms with van der Waals surface area (Å²) in [6.07, 6.45) is 0. The Bertz CT molecular complexity index is 1660. The van der Waals surface area contributed by atoms with Crippen LogP contribution in [0.15, 0.2) is 107 Å². The number of rotatable bonds is 11. The van der Waals surface area contributed by atoms with Gasteiger partial charge in [0.1, 0.15) is 24.1 Å². The highest BCUT2D eigenvalue weighted by atomic mass is 35.5. The molecule has 230 valence electrons. The molecule has 45 heavy (non-hydrogen) atoms. The lowest BCUT2D eigenvalue weighted by molar-refractivity contribution is -0.152. The van der Waals surface area contributed by atoms with Crippen molar-refractivity contribution in [2.45, 2.75) is 17.0 Å². The highest BCUT2D eigenvalue weighted by Gasteiger charge is 2.57. The molecule has 2 aliphatic heterocycles. The van der Waals surface area contributed by atoms with Gasteiger partial charge in [0.05, 0.1) is 17.3 Å². The second-order valence-corrected chi connectivity index (χ2v) is 12.5. The van der Waals surface area contributed by atoms with Crippen molar-refractivity contribution in [2.75, 3.05) is 24.1 Å². The number of oxime groups is 1. The lowest BCUT2D eigenvalue weighted by Gasteiger charge is -2.51. The van der Waals surface area contributed by atoms with Crippen molar-refractivity contribution in [3.63, 3.8) is 0 Å². The highest BCUT2D eigenvalue weighted by molar-refractivity contribution is 8.00. The van der Waals surface area contributed by atoms with Gasteiger partial charge >= 0.3 is 5.97 Å². The molecule has 0 aliphatic carbocycles. The van der Waals surface area contributed by atoms with Gasteiger partial charge in [0.15, 0.2) is 5.82 Å². The monoisotopic (exact) mass is 660 g/mol. The summed E-state index contributed by atoms with van der Waals surface area (Å²) >= 11 is 8.54. The van der Waals surface area contributed by atoms with Crippen LogP contribution in [0, 0.1) is 5.92 Å². The van der Waals surface area contributed by atoms with Gasteiger partial charge in [-0.15, -0.1) is 23.4 Å². The van der Waals surface area contributed by atoms with Gasteiger partial charge in [0.25, 0.3) is 0 Å². The summed E-state index contributed by atoms with van der Waals surface area (Å²) in [6, 6.07) is 29.3. The van der Waals surface area contributed by atoms with E-state index in [1.807, 2.05) is 54.6 Å². The van der Waals surface area contributed by atoms with Crippen LogP contribution in [0.4, 0.5) is 5.13 Å². The number of hydrogen-bond acceptors (Lipinski definition) is 10. The Hall–Kier alpha value is -4.23. The smallest absolute Gasteiger partial charge is 0.352 e. The number of aliphatic carboxylic acids is 1. The molecule has 0 saturated carbocycles. The summed E-state index contributed by atoms with van der Waals surface area (Å²) in [6.45, 7) is 0. The van der Waals surface area contributed by atoms with Gasteiger partial charge in [-0.2, -0.15) is 9.36 Å². The second kappa shape index (κ2) is 13.0. The van der Waals surface area contributed by atoms with E-state index in [2.05, 4.69) is 51.2 Å². The van der Waals surface area contributed by atoms with Gasteiger partial charge < -0.3 is 21.0 Å². The molecule has 2 aliphatic rings. The number of hydrogen-bond donors (Lipinski definition) is 3. The average Bonchev–Trinajstić information content (AvgIpc) is 3.54. The number of β-lactam (4-membered cyclic amide) rings is 1. The van der Waals surface area contributed by atoms with Crippen LogP contribution in [0.5, 0.6) is 0 Å². The summed E-state index contributed by atoms with van der Waals surface area (Å²) in [4.78, 5) is 36.6. The zero-order valence-corrected chi connectivity index (χ0v) is 26.4. The molecule has 3 heterocycles. The van der Waals surface area contributed by atoms with E-state index >= 15 is 0 Å². The normalized spacial score (nSPS) is 19.0. The summed E-state index contributed by atoms with van der Waals surface area (Å²) in [7, 11) is 1.38. The second-order valence-electron chi connectivity index (χ2n) is 10.4. The van der Waals surface area contributed by atoms with E-state index in [0.29, 0.717) is 16.5 Å². The first-order valence-corrected chi connectivity index (χ1v) is 16.4. The summed E-state index contributed by atoms with van der Waals surface area (Å²) < 4.78 is 4.58. The van der Waals surface area contributed by atoms with E-state index in [0.717, 1.165) is 28.2 Å². The fraction of sp³-hybridized carbons (Fsp3) is 0.219. The molecule has 3 unspecified atom stereocenters. The van der Waals surface area contributed by atoms with E-state index in [1.54, 1.807) is 0 Å². The molecule has 3 aromatic carbocycles. The van der Waals surface area contributed by atoms with E-state index in [-0.39, 0.29) is 23.1 Å². The third-order valence-corrected chi connectivity index (χ3v) is 10.2. The molecule has 10 nitrogen and oxygen atoms in total. The average molecular weight is 661 g/mol. The van der Waals surface area contributed by atoms with Crippen molar-refractivity contribution >= 4 is 57.6 Å². The third kappa shape index (κ3) is 5.48. The summed E-state index contributed by atoms with van der Waals surface area (Å²) in [5, 5.41) is 17.6. The van der Waals surface area contributed by atoms with Gasteiger partial charge in [0, 0.05) is 23.2 Å². The number of carboxylic acids is 1. The summed E-state index contributed by atoms with van der Waals surface area (Å²) in [5.74, 6) is -1.77. The van der Waals surface area contributed by atoms with Crippen molar-refractivity contribution in [3.8, 4) is 0 Å². The first kappa shape index (κ1) is 30.8. The molecule has 1 saturated heterocycles. The van der Waals surface area contributed by atoms with Crippen molar-refractivity contribution in [1.82, 2.24) is 14.3 Å². The van der Waals surface area contributed by atoms with E-state index in [9.17, 15) is 14.7 Å². The molecule has 0 radical (unpaired) electrons. The van der Waals surface area contributed by atoms with Crippen LogP contribution >= 0.6 is 34.9 Å². The minimum atomic E-state index is -1.20. The number of nitrogens with two attached hydrogens (primary N) is 1. The standard InChI is InChI=1S/C32H29ClN6O4S2/c1-43-37-25(24(34)23-28(40)39-26(30(41)42)19(17-33)18-44-29(23)39)27-35-31(45-38-27)36-32(20-11-5-2-6-12-20,21-13-7-3-8-14-21)22-15-9-4-10-16-22/h2-16,23-24,29H,17-18,34H2,1H3,(H,41,42)(H,35,36,38)/b37-25-. The number of aromatic nitrogens is 2. The van der Waals surface area contributed by atoms with Crippen molar-refractivity contribution in [1.29, 1.82) is 0 Å². The molecular weight excluding hydrogens is 632 g/mol. The molecule has 13 heteroatoms. The minimum absolute atomic E-state index is 0.0210. The zero-order valence-electron chi connectivity index (χ0n) is 24.0. The zero-order chi connectivity index (χ0) is 31.6. The fourth-order valence-corrected chi connectivity index (χ4v) is 8.28. The van der Waals surface area contributed by atoms with Crippen LogP contribution in [0.2, 0.25) is 0 Å².